The third-order valence-electron chi connectivity index (χ3n) is 2.68. The van der Waals surface area contributed by atoms with Crippen molar-refractivity contribution >= 4 is 0 Å². The Morgan fingerprint density at radius 3 is 2.84 bits per heavy atom. The highest BCUT2D eigenvalue weighted by Gasteiger charge is 2.02. The van der Waals surface area contributed by atoms with Gasteiger partial charge in [0.25, 0.3) is 0 Å². The van der Waals surface area contributed by atoms with Crippen LogP contribution in [0.4, 0.5) is 0 Å². The lowest BCUT2D eigenvalue weighted by Crippen LogP contribution is -2.21. The maximum absolute atomic E-state index is 5.70. The van der Waals surface area contributed by atoms with Crippen molar-refractivity contribution in [2.45, 2.75) is 40.0 Å². The van der Waals surface area contributed by atoms with Crippen molar-refractivity contribution in [3.05, 3.63) is 47.3 Å². The van der Waals surface area contributed by atoms with Crippen LogP contribution in [0.15, 0.2) is 34.9 Å². The lowest BCUT2D eigenvalue weighted by atomic mass is 10.2. The van der Waals surface area contributed by atoms with Crippen molar-refractivity contribution in [3.63, 3.8) is 0 Å². The average Bonchev–Trinajstić information content (AvgIpc) is 2.80. The zero-order valence-corrected chi connectivity index (χ0v) is 11.6. The van der Waals surface area contributed by atoms with E-state index in [1.807, 2.05) is 31.2 Å². The minimum Gasteiger partial charge on any atom is -0.487 e. The van der Waals surface area contributed by atoms with E-state index in [2.05, 4.69) is 30.4 Å². The zero-order valence-electron chi connectivity index (χ0n) is 11.6. The molecule has 1 aromatic heterocycles. The summed E-state index contributed by atoms with van der Waals surface area (Å²) in [6.07, 6.45) is 0. The van der Waals surface area contributed by atoms with E-state index in [0.29, 0.717) is 12.6 Å². The molecule has 1 heterocycles. The molecule has 0 spiro atoms. The van der Waals surface area contributed by atoms with Crippen LogP contribution in [0.1, 0.15) is 30.9 Å². The van der Waals surface area contributed by atoms with Gasteiger partial charge in [0.05, 0.1) is 0 Å². The molecule has 4 heteroatoms. The number of rotatable bonds is 6. The Hall–Kier alpha value is -1.81. The molecule has 0 saturated heterocycles. The first kappa shape index (κ1) is 13.6. The first-order chi connectivity index (χ1) is 9.13. The number of hydrogen-bond donors (Lipinski definition) is 1. The van der Waals surface area contributed by atoms with E-state index in [1.54, 1.807) is 0 Å². The van der Waals surface area contributed by atoms with Crippen LogP contribution >= 0.6 is 0 Å². The summed E-state index contributed by atoms with van der Waals surface area (Å²) < 4.78 is 10.7. The second kappa shape index (κ2) is 6.38. The first-order valence-corrected chi connectivity index (χ1v) is 6.51. The summed E-state index contributed by atoms with van der Waals surface area (Å²) in [5, 5.41) is 7.28. The van der Waals surface area contributed by atoms with Crippen molar-refractivity contribution in [3.8, 4) is 5.75 Å². The third kappa shape index (κ3) is 4.41. The van der Waals surface area contributed by atoms with Gasteiger partial charge >= 0.3 is 0 Å². The molecule has 0 radical (unpaired) electrons. The maximum Gasteiger partial charge on any atom is 0.134 e. The molecule has 1 aromatic carbocycles. The van der Waals surface area contributed by atoms with Crippen LogP contribution in [0.5, 0.6) is 5.75 Å². The lowest BCUT2D eigenvalue weighted by Gasteiger charge is -2.09. The molecular formula is C15H20N2O2. The quantitative estimate of drug-likeness (QED) is 0.867. The molecule has 0 aliphatic rings. The van der Waals surface area contributed by atoms with Gasteiger partial charge in [-0.15, -0.1) is 0 Å². The van der Waals surface area contributed by atoms with E-state index in [0.717, 1.165) is 23.7 Å². The number of aromatic nitrogens is 1. The second-order valence-corrected chi connectivity index (χ2v) is 4.90. The molecule has 102 valence electrons. The summed E-state index contributed by atoms with van der Waals surface area (Å²) >= 11 is 0. The summed E-state index contributed by atoms with van der Waals surface area (Å²) in [5.74, 6) is 1.65. The number of ether oxygens (including phenoxy) is 1. The molecule has 0 atom stereocenters. The van der Waals surface area contributed by atoms with E-state index >= 15 is 0 Å². The molecule has 4 nitrogen and oxygen atoms in total. The summed E-state index contributed by atoms with van der Waals surface area (Å²) in [7, 11) is 0. The lowest BCUT2D eigenvalue weighted by molar-refractivity contribution is 0.287. The van der Waals surface area contributed by atoms with Gasteiger partial charge in [0.1, 0.15) is 23.8 Å². The number of nitrogens with zero attached hydrogens (tertiary/aromatic N) is 1. The molecule has 0 saturated carbocycles. The van der Waals surface area contributed by atoms with E-state index in [4.69, 9.17) is 9.26 Å². The highest BCUT2D eigenvalue weighted by molar-refractivity contribution is 5.28. The summed E-state index contributed by atoms with van der Waals surface area (Å²) in [4.78, 5) is 0. The van der Waals surface area contributed by atoms with Gasteiger partial charge in [-0.05, 0) is 24.6 Å². The van der Waals surface area contributed by atoms with Gasteiger partial charge in [0, 0.05) is 18.7 Å². The maximum atomic E-state index is 5.70. The predicted molar refractivity (Wildman–Crippen MR) is 74.0 cm³/mol. The fourth-order valence-corrected chi connectivity index (χ4v) is 1.71. The average molecular weight is 260 g/mol. The minimum absolute atomic E-state index is 0.429. The van der Waals surface area contributed by atoms with Crippen molar-refractivity contribution in [1.29, 1.82) is 0 Å². The SMILES string of the molecule is Cc1cc(COc2cccc(CNC(C)C)c2)no1. The fourth-order valence-electron chi connectivity index (χ4n) is 1.71. The second-order valence-electron chi connectivity index (χ2n) is 4.90. The minimum atomic E-state index is 0.429. The van der Waals surface area contributed by atoms with Gasteiger partial charge < -0.3 is 14.6 Å². The van der Waals surface area contributed by atoms with E-state index in [1.165, 1.54) is 5.56 Å². The highest BCUT2D eigenvalue weighted by atomic mass is 16.5. The van der Waals surface area contributed by atoms with Crippen LogP contribution in [0.2, 0.25) is 0 Å². The molecule has 2 aromatic rings. The summed E-state index contributed by atoms with van der Waals surface area (Å²) in [5.41, 5.74) is 2.02. The topological polar surface area (TPSA) is 47.3 Å². The molecule has 0 unspecified atom stereocenters. The zero-order chi connectivity index (χ0) is 13.7. The van der Waals surface area contributed by atoms with Gasteiger partial charge in [-0.3, -0.25) is 0 Å². The summed E-state index contributed by atoms with van der Waals surface area (Å²) in [6, 6.07) is 10.4. The molecule has 0 aliphatic carbocycles. The van der Waals surface area contributed by atoms with Crippen molar-refractivity contribution < 1.29 is 9.26 Å². The van der Waals surface area contributed by atoms with Crippen LogP contribution in [0.3, 0.4) is 0 Å². The fraction of sp³-hybridized carbons (Fsp3) is 0.400. The monoisotopic (exact) mass is 260 g/mol. The predicted octanol–water partition coefficient (Wildman–Crippen LogP) is 3.06. The summed E-state index contributed by atoms with van der Waals surface area (Å²) in [6.45, 7) is 7.41. The molecule has 0 fully saturated rings. The largest absolute Gasteiger partial charge is 0.487 e. The van der Waals surface area contributed by atoms with Gasteiger partial charge in [-0.25, -0.2) is 0 Å². The van der Waals surface area contributed by atoms with E-state index in [-0.39, 0.29) is 0 Å². The molecule has 1 N–H and O–H groups in total. The molecular weight excluding hydrogens is 240 g/mol. The third-order valence-corrected chi connectivity index (χ3v) is 2.68. The number of hydrogen-bond acceptors (Lipinski definition) is 4. The van der Waals surface area contributed by atoms with Crippen LogP contribution in [0, 0.1) is 6.92 Å². The van der Waals surface area contributed by atoms with Gasteiger partial charge in [0.2, 0.25) is 0 Å². The van der Waals surface area contributed by atoms with E-state index in [9.17, 15) is 0 Å². The van der Waals surface area contributed by atoms with Crippen LogP contribution in [0.25, 0.3) is 0 Å². The van der Waals surface area contributed by atoms with Gasteiger partial charge in [-0.1, -0.05) is 31.1 Å². The Morgan fingerprint density at radius 1 is 1.32 bits per heavy atom. The van der Waals surface area contributed by atoms with Crippen LogP contribution < -0.4 is 10.1 Å². The van der Waals surface area contributed by atoms with Gasteiger partial charge in [0.15, 0.2) is 0 Å². The highest BCUT2D eigenvalue weighted by Crippen LogP contribution is 2.15. The van der Waals surface area contributed by atoms with Gasteiger partial charge in [-0.2, -0.15) is 0 Å². The first-order valence-electron chi connectivity index (χ1n) is 6.51. The number of nitrogens with one attached hydrogen (secondary N) is 1. The van der Waals surface area contributed by atoms with Crippen LogP contribution in [-0.2, 0) is 13.2 Å². The van der Waals surface area contributed by atoms with Crippen molar-refractivity contribution in [2.75, 3.05) is 0 Å². The Balaban J connectivity index is 1.91. The normalized spacial score (nSPS) is 10.9. The Labute approximate surface area is 113 Å². The van der Waals surface area contributed by atoms with Crippen molar-refractivity contribution in [1.82, 2.24) is 10.5 Å². The molecule has 0 bridgehead atoms. The molecule has 2 rings (SSSR count). The molecule has 0 aliphatic heterocycles. The Kier molecular flexibility index (Phi) is 4.58. The smallest absolute Gasteiger partial charge is 0.134 e. The Morgan fingerprint density at radius 2 is 2.16 bits per heavy atom. The standard InChI is InChI=1S/C15H20N2O2/c1-11(2)16-9-13-5-4-6-15(8-13)18-10-14-7-12(3)19-17-14/h4-8,11,16H,9-10H2,1-3H3. The van der Waals surface area contributed by atoms with E-state index < -0.39 is 0 Å². The number of benzene rings is 1. The number of aryl methyl sites for hydroxylation is 1. The van der Waals surface area contributed by atoms with Crippen LogP contribution in [-0.4, -0.2) is 11.2 Å². The molecule has 0 amide bonds. The van der Waals surface area contributed by atoms with Crippen molar-refractivity contribution in [2.24, 2.45) is 0 Å². The Bertz CT molecular complexity index is 520. The molecule has 19 heavy (non-hydrogen) atoms.